The number of nitrogens with one attached hydrogen (secondary N) is 1. The van der Waals surface area contributed by atoms with E-state index in [1.807, 2.05) is 12.1 Å². The maximum atomic E-state index is 7.48. The molecule has 1 saturated heterocycles. The lowest BCUT2D eigenvalue weighted by atomic mass is 10.0. The Hall–Kier alpha value is -1.000. The zero-order valence-corrected chi connectivity index (χ0v) is 12.8. The van der Waals surface area contributed by atoms with E-state index in [9.17, 15) is 0 Å². The Kier molecular flexibility index (Phi) is 4.53. The van der Waals surface area contributed by atoms with Crippen molar-refractivity contribution in [1.82, 2.24) is 4.90 Å². The third-order valence-electron chi connectivity index (χ3n) is 4.04. The number of hydrogen-bond acceptors (Lipinski definition) is 3. The molecule has 3 N–H and O–H groups in total. The summed E-state index contributed by atoms with van der Waals surface area (Å²) in [6, 6.07) is 6.71. The van der Waals surface area contributed by atoms with E-state index < -0.39 is 0 Å². The van der Waals surface area contributed by atoms with Gasteiger partial charge in [0.2, 0.25) is 0 Å². The molecular formula is C15H23N3S. The molecule has 0 radical (unpaired) electrons. The molecule has 0 amide bonds. The van der Waals surface area contributed by atoms with Gasteiger partial charge in [-0.05, 0) is 31.0 Å². The van der Waals surface area contributed by atoms with Crippen LogP contribution in [-0.2, 0) is 6.54 Å². The van der Waals surface area contributed by atoms with Gasteiger partial charge in [0.25, 0.3) is 0 Å². The quantitative estimate of drug-likeness (QED) is 0.659. The molecule has 1 aromatic rings. The molecule has 1 aliphatic heterocycles. The first kappa shape index (κ1) is 14.4. The van der Waals surface area contributed by atoms with Gasteiger partial charge in [0.1, 0.15) is 5.84 Å². The number of nitrogens with two attached hydrogens (primary N) is 1. The number of rotatable bonds is 3. The third kappa shape index (κ3) is 3.31. The summed E-state index contributed by atoms with van der Waals surface area (Å²) in [5, 5.41) is 8.18. The fourth-order valence-electron chi connectivity index (χ4n) is 2.48. The Morgan fingerprint density at radius 1 is 1.47 bits per heavy atom. The number of hydrogen-bond donors (Lipinski definition) is 2. The minimum Gasteiger partial charge on any atom is -0.384 e. The Labute approximate surface area is 120 Å². The maximum absolute atomic E-state index is 7.48. The standard InChI is InChI=1S/C15H23N3S/c1-10-8-13(15(16)17)4-5-14(10)9-18-6-7-19-12(3)11(18)2/h4-5,8,11-12H,6-7,9H2,1-3H3,(H3,16,17). The van der Waals surface area contributed by atoms with Crippen LogP contribution < -0.4 is 5.73 Å². The van der Waals surface area contributed by atoms with Gasteiger partial charge in [-0.3, -0.25) is 10.3 Å². The van der Waals surface area contributed by atoms with Gasteiger partial charge in [-0.1, -0.05) is 19.1 Å². The predicted octanol–water partition coefficient (Wildman–Crippen LogP) is 2.60. The highest BCUT2D eigenvalue weighted by Gasteiger charge is 2.25. The average molecular weight is 277 g/mol. The molecule has 4 heteroatoms. The fraction of sp³-hybridized carbons (Fsp3) is 0.533. The van der Waals surface area contributed by atoms with Gasteiger partial charge < -0.3 is 5.73 Å². The molecule has 104 valence electrons. The van der Waals surface area contributed by atoms with Gasteiger partial charge >= 0.3 is 0 Å². The van der Waals surface area contributed by atoms with Crippen LogP contribution in [0.25, 0.3) is 0 Å². The van der Waals surface area contributed by atoms with E-state index in [4.69, 9.17) is 11.1 Å². The van der Waals surface area contributed by atoms with Crippen molar-refractivity contribution in [1.29, 1.82) is 5.41 Å². The van der Waals surface area contributed by atoms with Gasteiger partial charge in [-0.25, -0.2) is 0 Å². The van der Waals surface area contributed by atoms with E-state index in [1.54, 1.807) is 0 Å². The fourth-order valence-corrected chi connectivity index (χ4v) is 3.64. The molecule has 19 heavy (non-hydrogen) atoms. The molecule has 3 nitrogen and oxygen atoms in total. The van der Waals surface area contributed by atoms with Crippen molar-refractivity contribution in [2.75, 3.05) is 12.3 Å². The van der Waals surface area contributed by atoms with Crippen LogP contribution in [0.2, 0.25) is 0 Å². The molecule has 1 heterocycles. The van der Waals surface area contributed by atoms with Crippen molar-refractivity contribution < 1.29 is 0 Å². The largest absolute Gasteiger partial charge is 0.384 e. The molecule has 1 aromatic carbocycles. The van der Waals surface area contributed by atoms with E-state index >= 15 is 0 Å². The second-order valence-corrected chi connectivity index (χ2v) is 6.83. The summed E-state index contributed by atoms with van der Waals surface area (Å²) in [5.74, 6) is 1.36. The summed E-state index contributed by atoms with van der Waals surface area (Å²) >= 11 is 2.06. The second kappa shape index (κ2) is 5.97. The topological polar surface area (TPSA) is 53.1 Å². The number of nitrogens with zero attached hydrogens (tertiary/aromatic N) is 1. The van der Waals surface area contributed by atoms with E-state index in [1.165, 1.54) is 16.9 Å². The van der Waals surface area contributed by atoms with Gasteiger partial charge in [0, 0.05) is 35.7 Å². The van der Waals surface area contributed by atoms with Crippen molar-refractivity contribution in [3.63, 3.8) is 0 Å². The Balaban J connectivity index is 2.12. The summed E-state index contributed by atoms with van der Waals surface area (Å²) in [4.78, 5) is 2.55. The Bertz CT molecular complexity index is 472. The first-order valence-corrected chi connectivity index (χ1v) is 7.83. The van der Waals surface area contributed by atoms with Crippen molar-refractivity contribution in [3.8, 4) is 0 Å². The second-order valence-electron chi connectivity index (χ2n) is 5.34. The van der Waals surface area contributed by atoms with E-state index in [0.29, 0.717) is 11.3 Å². The van der Waals surface area contributed by atoms with Crippen LogP contribution in [0.4, 0.5) is 0 Å². The number of thioether (sulfide) groups is 1. The molecule has 0 spiro atoms. The summed E-state index contributed by atoms with van der Waals surface area (Å²) < 4.78 is 0. The molecule has 0 aliphatic carbocycles. The van der Waals surface area contributed by atoms with Crippen LogP contribution in [0.5, 0.6) is 0 Å². The monoisotopic (exact) mass is 277 g/mol. The van der Waals surface area contributed by atoms with Crippen molar-refractivity contribution in [3.05, 3.63) is 34.9 Å². The van der Waals surface area contributed by atoms with E-state index in [0.717, 1.165) is 18.7 Å². The molecule has 0 aromatic heterocycles. The third-order valence-corrected chi connectivity index (χ3v) is 5.38. The van der Waals surface area contributed by atoms with Crippen LogP contribution in [0.1, 0.15) is 30.5 Å². The lowest BCUT2D eigenvalue weighted by Gasteiger charge is -2.37. The molecule has 0 bridgehead atoms. The van der Waals surface area contributed by atoms with Gasteiger partial charge in [-0.2, -0.15) is 11.8 Å². The zero-order valence-electron chi connectivity index (χ0n) is 11.9. The molecule has 2 rings (SSSR count). The van der Waals surface area contributed by atoms with Crippen LogP contribution in [0.15, 0.2) is 18.2 Å². The zero-order chi connectivity index (χ0) is 14.0. The summed E-state index contributed by atoms with van der Waals surface area (Å²) in [6.45, 7) is 8.89. The summed E-state index contributed by atoms with van der Waals surface area (Å²) in [7, 11) is 0. The van der Waals surface area contributed by atoms with E-state index in [-0.39, 0.29) is 5.84 Å². The minimum absolute atomic E-state index is 0.144. The van der Waals surface area contributed by atoms with Gasteiger partial charge in [0.05, 0.1) is 0 Å². The summed E-state index contributed by atoms with van der Waals surface area (Å²) in [5.41, 5.74) is 8.91. The SMILES string of the molecule is Cc1cc(C(=N)N)ccc1CN1CCSC(C)C1C. The molecular weight excluding hydrogens is 254 g/mol. The molecule has 2 unspecified atom stereocenters. The van der Waals surface area contributed by atoms with Gasteiger partial charge in [0.15, 0.2) is 0 Å². The van der Waals surface area contributed by atoms with Crippen molar-refractivity contribution in [2.45, 2.75) is 38.6 Å². The van der Waals surface area contributed by atoms with Crippen molar-refractivity contribution in [2.24, 2.45) is 5.73 Å². The Morgan fingerprint density at radius 3 is 2.84 bits per heavy atom. The number of nitrogen functional groups attached to an aromatic ring is 1. The first-order valence-electron chi connectivity index (χ1n) is 6.78. The first-order chi connectivity index (χ1) is 8.99. The molecule has 0 saturated carbocycles. The lowest BCUT2D eigenvalue weighted by Crippen LogP contribution is -2.44. The number of aryl methyl sites for hydroxylation is 1. The Morgan fingerprint density at radius 2 is 2.21 bits per heavy atom. The normalized spacial score (nSPS) is 24.4. The number of amidine groups is 1. The maximum Gasteiger partial charge on any atom is 0.122 e. The number of benzene rings is 1. The van der Waals surface area contributed by atoms with Crippen LogP contribution in [-0.4, -0.2) is 34.3 Å². The minimum atomic E-state index is 0.144. The van der Waals surface area contributed by atoms with Crippen LogP contribution >= 0.6 is 11.8 Å². The lowest BCUT2D eigenvalue weighted by molar-refractivity contribution is 0.204. The van der Waals surface area contributed by atoms with E-state index in [2.05, 4.69) is 43.5 Å². The molecule has 1 fully saturated rings. The molecule has 1 aliphatic rings. The highest BCUT2D eigenvalue weighted by molar-refractivity contribution is 8.00. The predicted molar refractivity (Wildman–Crippen MR) is 84.0 cm³/mol. The highest BCUT2D eigenvalue weighted by Crippen LogP contribution is 2.26. The van der Waals surface area contributed by atoms with Crippen molar-refractivity contribution >= 4 is 17.6 Å². The summed E-state index contributed by atoms with van der Waals surface area (Å²) in [6.07, 6.45) is 0. The molecule has 2 atom stereocenters. The van der Waals surface area contributed by atoms with Crippen LogP contribution in [0.3, 0.4) is 0 Å². The smallest absolute Gasteiger partial charge is 0.122 e. The average Bonchev–Trinajstić information content (AvgIpc) is 2.37. The highest BCUT2D eigenvalue weighted by atomic mass is 32.2. The van der Waals surface area contributed by atoms with Crippen LogP contribution in [0, 0.1) is 12.3 Å². The van der Waals surface area contributed by atoms with Gasteiger partial charge in [-0.15, -0.1) is 0 Å².